The number of allylic oxidation sites excluding steroid dienone is 4. The lowest BCUT2D eigenvalue weighted by Crippen LogP contribution is -2.30. The van der Waals surface area contributed by atoms with Crippen LogP contribution in [0.1, 0.15) is 46.0 Å². The monoisotopic (exact) mass is 406 g/mol. The van der Waals surface area contributed by atoms with Crippen molar-refractivity contribution in [3.63, 3.8) is 0 Å². The fourth-order valence-electron chi connectivity index (χ4n) is 4.60. The highest BCUT2D eigenvalue weighted by Crippen LogP contribution is 2.47. The molecular weight excluding hydrogens is 388 g/mol. The number of hydrogen-bond donors (Lipinski definition) is 1. The number of nitrogens with one attached hydrogen (secondary N) is 1. The van der Waals surface area contributed by atoms with Crippen LogP contribution in [0.4, 0.5) is 0 Å². The Bertz CT molecular complexity index is 1370. The summed E-state index contributed by atoms with van der Waals surface area (Å²) in [5.74, 6) is -0.901. The van der Waals surface area contributed by atoms with Crippen LogP contribution in [0.15, 0.2) is 83.7 Å². The average Bonchev–Trinajstić information content (AvgIpc) is 3.41. The Labute approximate surface area is 179 Å². The second-order valence-corrected chi connectivity index (χ2v) is 7.67. The quantitative estimate of drug-likeness (QED) is 0.539. The van der Waals surface area contributed by atoms with E-state index in [0.717, 1.165) is 16.7 Å². The number of nitrogens with zero attached hydrogens (tertiary/aromatic N) is 3. The Balaban J connectivity index is 1.79. The third kappa shape index (κ3) is 2.67. The largest absolute Gasteiger partial charge is 0.361 e. The van der Waals surface area contributed by atoms with Crippen LogP contribution in [-0.4, -0.2) is 21.2 Å². The van der Waals surface area contributed by atoms with Gasteiger partial charge < -0.3 is 5.32 Å². The fraction of sp³-hybridized carbons (Fsp3) is 0.120. The van der Waals surface area contributed by atoms with Crippen LogP contribution in [0.2, 0.25) is 0 Å². The minimum absolute atomic E-state index is 0.0382. The van der Waals surface area contributed by atoms with E-state index in [-0.39, 0.29) is 11.7 Å². The summed E-state index contributed by atoms with van der Waals surface area (Å²) in [6, 6.07) is 15.3. The first-order valence-electron chi connectivity index (χ1n) is 9.91. The summed E-state index contributed by atoms with van der Waals surface area (Å²) in [5.41, 5.74) is 5.93. The van der Waals surface area contributed by atoms with Crippen molar-refractivity contribution in [1.82, 2.24) is 14.9 Å². The van der Waals surface area contributed by atoms with Gasteiger partial charge >= 0.3 is 0 Å². The molecule has 3 aromatic rings. The number of rotatable bonds is 2. The topological polar surface area (TPSA) is 87.8 Å². The number of aromatic nitrogens is 2. The molecule has 0 saturated carbocycles. The maximum absolute atomic E-state index is 13.5. The van der Waals surface area contributed by atoms with Crippen LogP contribution in [0, 0.1) is 11.3 Å². The molecule has 0 fully saturated rings. The van der Waals surface area contributed by atoms with E-state index < -0.39 is 5.92 Å². The second kappa shape index (κ2) is 6.92. The summed E-state index contributed by atoms with van der Waals surface area (Å²) in [5, 5.41) is 13.2. The van der Waals surface area contributed by atoms with Crippen molar-refractivity contribution >= 4 is 11.7 Å². The molecular formula is C25H18N4O2. The number of carbonyl (C=O) groups excluding carboxylic acids is 2. The Morgan fingerprint density at radius 3 is 2.52 bits per heavy atom. The molecule has 1 aromatic heterocycles. The zero-order valence-electron chi connectivity index (χ0n) is 17.0. The smallest absolute Gasteiger partial charge is 0.261 e. The molecule has 2 aliphatic rings. The lowest BCUT2D eigenvalue weighted by Gasteiger charge is -2.30. The highest BCUT2D eigenvalue weighted by Gasteiger charge is 2.38. The average molecular weight is 406 g/mol. The molecule has 2 aromatic carbocycles. The molecule has 6 nitrogen and oxygen atoms in total. The van der Waals surface area contributed by atoms with Gasteiger partial charge in [-0.3, -0.25) is 14.2 Å². The molecule has 1 unspecified atom stereocenters. The highest BCUT2D eigenvalue weighted by molar-refractivity contribution is 6.22. The van der Waals surface area contributed by atoms with E-state index in [9.17, 15) is 14.9 Å². The van der Waals surface area contributed by atoms with Gasteiger partial charge in [-0.25, -0.2) is 4.98 Å². The fourth-order valence-corrected chi connectivity index (χ4v) is 4.60. The van der Waals surface area contributed by atoms with E-state index in [1.54, 1.807) is 18.5 Å². The van der Waals surface area contributed by atoms with Gasteiger partial charge in [0.05, 0.1) is 17.6 Å². The van der Waals surface area contributed by atoms with E-state index in [0.29, 0.717) is 33.7 Å². The molecule has 1 aliphatic carbocycles. The van der Waals surface area contributed by atoms with E-state index in [1.165, 1.54) is 10.9 Å². The molecule has 6 heteroatoms. The van der Waals surface area contributed by atoms with Crippen molar-refractivity contribution in [1.29, 1.82) is 5.26 Å². The highest BCUT2D eigenvalue weighted by atomic mass is 16.2. The maximum Gasteiger partial charge on any atom is 0.261 e. The Morgan fingerprint density at radius 2 is 1.81 bits per heavy atom. The number of carbonyl (C=O) groups is 2. The van der Waals surface area contributed by atoms with Crippen molar-refractivity contribution in [3.05, 3.63) is 100 Å². The zero-order valence-corrected chi connectivity index (χ0v) is 17.0. The number of benzene rings is 2. The lowest BCUT2D eigenvalue weighted by atomic mass is 9.77. The lowest BCUT2D eigenvalue weighted by molar-refractivity contribution is 0.0947. The normalized spacial score (nSPS) is 17.2. The van der Waals surface area contributed by atoms with Crippen molar-refractivity contribution in [3.8, 4) is 17.2 Å². The van der Waals surface area contributed by atoms with Crippen LogP contribution >= 0.6 is 0 Å². The Hall–Kier alpha value is -4.24. The molecule has 31 heavy (non-hydrogen) atoms. The maximum atomic E-state index is 13.5. The van der Waals surface area contributed by atoms with Crippen LogP contribution in [0.3, 0.4) is 0 Å². The summed E-state index contributed by atoms with van der Waals surface area (Å²) in [6.07, 6.45) is 4.58. The van der Waals surface area contributed by atoms with Gasteiger partial charge in [0.25, 0.3) is 5.91 Å². The SMILES string of the molecule is CC1=C(C#N)C(c2cccc3c2-c2ccccc2C3=O)C(C(=O)n2ccnc2)=C(C)N1. The zero-order chi connectivity index (χ0) is 21.7. The number of imidazole rings is 1. The molecule has 0 spiro atoms. The van der Waals surface area contributed by atoms with Crippen LogP contribution < -0.4 is 5.32 Å². The number of nitriles is 1. The van der Waals surface area contributed by atoms with Crippen molar-refractivity contribution < 1.29 is 9.59 Å². The van der Waals surface area contributed by atoms with Gasteiger partial charge in [0.15, 0.2) is 5.78 Å². The first-order valence-corrected chi connectivity index (χ1v) is 9.91. The van der Waals surface area contributed by atoms with Gasteiger partial charge in [-0.2, -0.15) is 5.26 Å². The predicted molar refractivity (Wildman–Crippen MR) is 115 cm³/mol. The predicted octanol–water partition coefficient (Wildman–Crippen LogP) is 4.19. The van der Waals surface area contributed by atoms with E-state index >= 15 is 0 Å². The summed E-state index contributed by atoms with van der Waals surface area (Å²) in [4.78, 5) is 30.5. The molecule has 0 radical (unpaired) electrons. The van der Waals surface area contributed by atoms with E-state index in [2.05, 4.69) is 16.4 Å². The Morgan fingerprint density at radius 1 is 1.06 bits per heavy atom. The van der Waals surface area contributed by atoms with Crippen LogP contribution in [0.5, 0.6) is 0 Å². The molecule has 1 N–H and O–H groups in total. The molecule has 0 bridgehead atoms. The van der Waals surface area contributed by atoms with Crippen molar-refractivity contribution in [2.24, 2.45) is 0 Å². The summed E-state index contributed by atoms with van der Waals surface area (Å²) in [6.45, 7) is 3.66. The summed E-state index contributed by atoms with van der Waals surface area (Å²) < 4.78 is 1.41. The van der Waals surface area contributed by atoms with Crippen LogP contribution in [-0.2, 0) is 0 Å². The molecule has 1 atom stereocenters. The first-order chi connectivity index (χ1) is 15.0. The van der Waals surface area contributed by atoms with Crippen molar-refractivity contribution in [2.45, 2.75) is 19.8 Å². The number of dihydropyridines is 1. The standard InChI is InChI=1S/C25H18N4O2/c1-14-20(12-26)23(21(15(2)28-14)25(31)29-11-10-27-13-29)18-8-5-9-19-22(18)16-6-3-4-7-17(16)24(19)30/h3-11,13,23,28H,1-2H3. The van der Waals surface area contributed by atoms with Gasteiger partial charge in [-0.15, -0.1) is 0 Å². The number of hydrogen-bond acceptors (Lipinski definition) is 5. The van der Waals surface area contributed by atoms with Crippen molar-refractivity contribution in [2.75, 3.05) is 0 Å². The van der Waals surface area contributed by atoms with E-state index in [4.69, 9.17) is 0 Å². The molecule has 2 heterocycles. The van der Waals surface area contributed by atoms with Crippen LogP contribution in [0.25, 0.3) is 11.1 Å². The third-order valence-corrected chi connectivity index (χ3v) is 5.94. The third-order valence-electron chi connectivity index (χ3n) is 5.94. The minimum atomic E-state index is -0.602. The van der Waals surface area contributed by atoms with E-state index in [1.807, 2.05) is 50.2 Å². The molecule has 0 amide bonds. The molecule has 5 rings (SSSR count). The Kier molecular flexibility index (Phi) is 4.19. The number of ketones is 1. The molecule has 0 saturated heterocycles. The molecule has 1 aliphatic heterocycles. The summed E-state index contributed by atoms with van der Waals surface area (Å²) in [7, 11) is 0. The first kappa shape index (κ1) is 18.8. The van der Waals surface area contributed by atoms with Gasteiger partial charge in [0, 0.05) is 40.5 Å². The van der Waals surface area contributed by atoms with Gasteiger partial charge in [-0.05, 0) is 30.5 Å². The van der Waals surface area contributed by atoms with Gasteiger partial charge in [0.2, 0.25) is 0 Å². The van der Waals surface area contributed by atoms with Gasteiger partial charge in [-0.1, -0.05) is 42.5 Å². The summed E-state index contributed by atoms with van der Waals surface area (Å²) >= 11 is 0. The number of fused-ring (bicyclic) bond motifs is 3. The molecule has 150 valence electrons. The van der Waals surface area contributed by atoms with Gasteiger partial charge in [0.1, 0.15) is 6.33 Å². The second-order valence-electron chi connectivity index (χ2n) is 7.67. The minimum Gasteiger partial charge on any atom is -0.361 e.